The van der Waals surface area contributed by atoms with Crippen molar-refractivity contribution in [1.82, 2.24) is 10.8 Å². The lowest BCUT2D eigenvalue weighted by molar-refractivity contribution is -0.118. The molecule has 0 saturated carbocycles. The molecule has 0 aliphatic heterocycles. The Morgan fingerprint density at radius 1 is 1.07 bits per heavy atom. The second kappa shape index (κ2) is 11.6. The molecule has 2 aromatic carbocycles. The molecule has 0 aromatic heterocycles. The summed E-state index contributed by atoms with van der Waals surface area (Å²) >= 11 is 0. The van der Waals surface area contributed by atoms with Crippen molar-refractivity contribution in [3.8, 4) is 5.75 Å². The molecule has 0 spiro atoms. The van der Waals surface area contributed by atoms with E-state index in [1.165, 1.54) is 6.08 Å². The lowest BCUT2D eigenvalue weighted by atomic mass is 10.2. The maximum atomic E-state index is 12.3. The minimum absolute atomic E-state index is 0.235. The van der Waals surface area contributed by atoms with Crippen LogP contribution >= 0.6 is 0 Å². The van der Waals surface area contributed by atoms with E-state index in [1.54, 1.807) is 35.8 Å². The Kier molecular flexibility index (Phi) is 8.75. The summed E-state index contributed by atoms with van der Waals surface area (Å²) in [5.74, 6) is -0.296. The van der Waals surface area contributed by atoms with Gasteiger partial charge in [0.1, 0.15) is 5.75 Å². The molecule has 0 aliphatic rings. The number of carbonyl (C=O) groups excluding carboxylic acids is 2. The van der Waals surface area contributed by atoms with Crippen LogP contribution in [0.4, 0.5) is 0 Å². The van der Waals surface area contributed by atoms with Crippen LogP contribution in [0.25, 0.3) is 6.08 Å². The summed E-state index contributed by atoms with van der Waals surface area (Å²) in [4.78, 5) is 23.7. The van der Waals surface area contributed by atoms with Crippen LogP contribution < -0.4 is 15.5 Å². The molecule has 6 heteroatoms. The fraction of sp³-hybridized carbons (Fsp3) is 0.273. The van der Waals surface area contributed by atoms with Gasteiger partial charge in [-0.1, -0.05) is 50.1 Å². The van der Waals surface area contributed by atoms with E-state index in [1.807, 2.05) is 30.3 Å². The van der Waals surface area contributed by atoms with Crippen LogP contribution in [-0.4, -0.2) is 23.2 Å². The van der Waals surface area contributed by atoms with Crippen LogP contribution in [0, 0.1) is 0 Å². The summed E-state index contributed by atoms with van der Waals surface area (Å²) in [6.45, 7) is 2.11. The standard InChI is InChI=1S/C22H26N2O4/c1-2-3-5-10-21(23-20(25)16-11-17-8-6-4-7-9-17)28-19-14-12-18(13-15-19)22(26)24-27/h4,6-9,11-16,21,27H,2-3,5,10H2,1H3,(H,23,25)(H,24,26)/b16-11+. The van der Waals surface area contributed by atoms with Crippen molar-refractivity contribution in [1.29, 1.82) is 0 Å². The largest absolute Gasteiger partial charge is 0.471 e. The number of ether oxygens (including phenoxy) is 1. The molecule has 1 unspecified atom stereocenters. The van der Waals surface area contributed by atoms with Gasteiger partial charge in [-0.05, 0) is 42.3 Å². The van der Waals surface area contributed by atoms with Crippen molar-refractivity contribution < 1.29 is 19.5 Å². The summed E-state index contributed by atoms with van der Waals surface area (Å²) in [7, 11) is 0. The van der Waals surface area contributed by atoms with Crippen molar-refractivity contribution in [3.63, 3.8) is 0 Å². The van der Waals surface area contributed by atoms with Crippen LogP contribution in [0.5, 0.6) is 5.75 Å². The third-order valence-electron chi connectivity index (χ3n) is 4.10. The molecule has 0 radical (unpaired) electrons. The second-order valence-corrected chi connectivity index (χ2v) is 6.32. The average molecular weight is 382 g/mol. The molecule has 0 bridgehead atoms. The maximum absolute atomic E-state index is 12.3. The fourth-order valence-corrected chi connectivity index (χ4v) is 2.60. The summed E-state index contributed by atoms with van der Waals surface area (Å²) in [6, 6.07) is 15.9. The number of hydroxylamine groups is 1. The number of amides is 2. The first kappa shape index (κ1) is 21.2. The summed E-state index contributed by atoms with van der Waals surface area (Å²) in [5, 5.41) is 11.5. The molecule has 0 heterocycles. The Bertz CT molecular complexity index is 773. The lowest BCUT2D eigenvalue weighted by Crippen LogP contribution is -2.38. The monoisotopic (exact) mass is 382 g/mol. The molecule has 2 aromatic rings. The van der Waals surface area contributed by atoms with E-state index in [4.69, 9.17) is 9.94 Å². The zero-order chi connectivity index (χ0) is 20.2. The van der Waals surface area contributed by atoms with Crippen LogP contribution in [0.1, 0.15) is 48.5 Å². The van der Waals surface area contributed by atoms with Crippen LogP contribution in [0.15, 0.2) is 60.7 Å². The first-order valence-corrected chi connectivity index (χ1v) is 9.37. The minimum atomic E-state index is -0.592. The normalized spacial score (nSPS) is 11.8. The number of unbranched alkanes of at least 4 members (excludes halogenated alkanes) is 2. The van der Waals surface area contributed by atoms with Gasteiger partial charge in [0.2, 0.25) is 5.91 Å². The Hall–Kier alpha value is -3.12. The summed E-state index contributed by atoms with van der Waals surface area (Å²) in [6.07, 6.45) is 6.48. The number of nitrogens with one attached hydrogen (secondary N) is 2. The van der Waals surface area contributed by atoms with E-state index in [-0.39, 0.29) is 5.91 Å². The highest BCUT2D eigenvalue weighted by Crippen LogP contribution is 2.16. The van der Waals surface area contributed by atoms with E-state index in [0.717, 1.165) is 24.8 Å². The number of rotatable bonds is 10. The van der Waals surface area contributed by atoms with Crippen molar-refractivity contribution in [2.75, 3.05) is 0 Å². The molecular weight excluding hydrogens is 356 g/mol. The summed E-state index contributed by atoms with van der Waals surface area (Å²) < 4.78 is 5.89. The Balaban J connectivity index is 1.99. The number of hydrogen-bond acceptors (Lipinski definition) is 4. The number of carbonyl (C=O) groups is 2. The van der Waals surface area contributed by atoms with E-state index in [2.05, 4.69) is 12.2 Å². The molecule has 2 amide bonds. The van der Waals surface area contributed by atoms with Gasteiger partial charge in [-0.3, -0.25) is 14.8 Å². The molecular formula is C22H26N2O4. The molecule has 0 fully saturated rings. The van der Waals surface area contributed by atoms with Crippen LogP contribution in [0.2, 0.25) is 0 Å². The van der Waals surface area contributed by atoms with Gasteiger partial charge in [-0.25, -0.2) is 5.48 Å². The highest BCUT2D eigenvalue weighted by atomic mass is 16.5. The van der Waals surface area contributed by atoms with Gasteiger partial charge in [0, 0.05) is 18.1 Å². The lowest BCUT2D eigenvalue weighted by Gasteiger charge is -2.20. The highest BCUT2D eigenvalue weighted by Gasteiger charge is 2.13. The van der Waals surface area contributed by atoms with E-state index in [9.17, 15) is 9.59 Å². The van der Waals surface area contributed by atoms with Crippen molar-refractivity contribution in [2.45, 2.75) is 38.8 Å². The van der Waals surface area contributed by atoms with Gasteiger partial charge >= 0.3 is 0 Å². The molecule has 0 saturated heterocycles. The van der Waals surface area contributed by atoms with Gasteiger partial charge in [-0.15, -0.1) is 0 Å². The number of benzene rings is 2. The molecule has 1 atom stereocenters. The molecule has 28 heavy (non-hydrogen) atoms. The van der Waals surface area contributed by atoms with Gasteiger partial charge < -0.3 is 10.1 Å². The van der Waals surface area contributed by atoms with E-state index < -0.39 is 12.1 Å². The van der Waals surface area contributed by atoms with Crippen molar-refractivity contribution >= 4 is 17.9 Å². The minimum Gasteiger partial charge on any atom is -0.471 e. The SMILES string of the molecule is CCCCCC(NC(=O)/C=C/c1ccccc1)Oc1ccc(C(=O)NO)cc1. The Labute approximate surface area is 165 Å². The predicted octanol–water partition coefficient (Wildman–Crippen LogP) is 3.92. The third-order valence-corrected chi connectivity index (χ3v) is 4.10. The van der Waals surface area contributed by atoms with Gasteiger partial charge in [0.25, 0.3) is 5.91 Å². The molecule has 148 valence electrons. The maximum Gasteiger partial charge on any atom is 0.274 e. The smallest absolute Gasteiger partial charge is 0.274 e. The molecule has 2 rings (SSSR count). The van der Waals surface area contributed by atoms with Gasteiger partial charge in [0.15, 0.2) is 6.23 Å². The molecule has 3 N–H and O–H groups in total. The van der Waals surface area contributed by atoms with Crippen LogP contribution in [-0.2, 0) is 4.79 Å². The van der Waals surface area contributed by atoms with Crippen LogP contribution in [0.3, 0.4) is 0 Å². The Morgan fingerprint density at radius 2 is 1.79 bits per heavy atom. The Morgan fingerprint density at radius 3 is 2.43 bits per heavy atom. The second-order valence-electron chi connectivity index (χ2n) is 6.32. The quantitative estimate of drug-likeness (QED) is 0.191. The van der Waals surface area contributed by atoms with Gasteiger partial charge in [0.05, 0.1) is 0 Å². The molecule has 6 nitrogen and oxygen atoms in total. The molecule has 0 aliphatic carbocycles. The number of hydrogen-bond donors (Lipinski definition) is 3. The van der Waals surface area contributed by atoms with E-state index in [0.29, 0.717) is 17.7 Å². The van der Waals surface area contributed by atoms with E-state index >= 15 is 0 Å². The summed E-state index contributed by atoms with van der Waals surface area (Å²) in [5.41, 5.74) is 2.84. The fourth-order valence-electron chi connectivity index (χ4n) is 2.60. The highest BCUT2D eigenvalue weighted by molar-refractivity contribution is 5.93. The zero-order valence-corrected chi connectivity index (χ0v) is 15.9. The predicted molar refractivity (Wildman–Crippen MR) is 108 cm³/mol. The van der Waals surface area contributed by atoms with Gasteiger partial charge in [-0.2, -0.15) is 0 Å². The van der Waals surface area contributed by atoms with Crippen molar-refractivity contribution in [3.05, 3.63) is 71.8 Å². The first-order valence-electron chi connectivity index (χ1n) is 9.37. The first-order chi connectivity index (χ1) is 13.6. The third kappa shape index (κ3) is 7.25. The topological polar surface area (TPSA) is 87.7 Å². The van der Waals surface area contributed by atoms with Crippen molar-refractivity contribution in [2.24, 2.45) is 0 Å². The average Bonchev–Trinajstić information content (AvgIpc) is 2.73. The zero-order valence-electron chi connectivity index (χ0n) is 15.9.